The summed E-state index contributed by atoms with van der Waals surface area (Å²) in [5.41, 5.74) is 2.08. The molecule has 3 heteroatoms. The zero-order chi connectivity index (χ0) is 10.0. The molecule has 0 heterocycles. The minimum atomic E-state index is 0.729. The molecule has 0 N–H and O–H groups in total. The van der Waals surface area contributed by atoms with Gasteiger partial charge in [-0.2, -0.15) is 0 Å². The molecular weight excluding hydrogens is 205 g/mol. The summed E-state index contributed by atoms with van der Waals surface area (Å²) in [4.78, 5) is 2.08. The van der Waals surface area contributed by atoms with E-state index in [0.29, 0.717) is 0 Å². The van der Waals surface area contributed by atoms with Gasteiger partial charge < -0.3 is 4.90 Å². The second-order valence-electron chi connectivity index (χ2n) is 3.38. The average Bonchev–Trinajstić information content (AvgIpc) is 2.06. The van der Waals surface area contributed by atoms with Crippen molar-refractivity contribution < 1.29 is 0 Å². The Morgan fingerprint density at radius 3 is 2.38 bits per heavy atom. The smallest absolute Gasteiger partial charge is 0.0495 e. The fraction of sp³-hybridized carbons (Fsp3) is 0.400. The highest BCUT2D eigenvalue weighted by Crippen LogP contribution is 2.27. The summed E-state index contributed by atoms with van der Waals surface area (Å²) in [7, 11) is 4.03. The number of halogens is 2. The van der Waals surface area contributed by atoms with Crippen LogP contribution in [-0.4, -0.2) is 19.0 Å². The van der Waals surface area contributed by atoms with Crippen LogP contribution in [0, 0.1) is 6.92 Å². The summed E-state index contributed by atoms with van der Waals surface area (Å²) in [6.07, 6.45) is 0. The average molecular weight is 218 g/mol. The van der Waals surface area contributed by atoms with Crippen LogP contribution >= 0.6 is 23.2 Å². The van der Waals surface area contributed by atoms with Gasteiger partial charge in [0, 0.05) is 16.6 Å². The first-order valence-electron chi connectivity index (χ1n) is 4.10. The zero-order valence-electron chi connectivity index (χ0n) is 8.06. The molecule has 0 radical (unpaired) electrons. The van der Waals surface area contributed by atoms with Crippen LogP contribution in [0.5, 0.6) is 0 Å². The van der Waals surface area contributed by atoms with Crippen molar-refractivity contribution in [1.29, 1.82) is 0 Å². The monoisotopic (exact) mass is 217 g/mol. The number of benzene rings is 1. The maximum Gasteiger partial charge on any atom is 0.0495 e. The van der Waals surface area contributed by atoms with E-state index in [1.807, 2.05) is 33.2 Å². The number of hydrogen-bond acceptors (Lipinski definition) is 1. The van der Waals surface area contributed by atoms with Crippen LogP contribution in [0.15, 0.2) is 12.1 Å². The highest BCUT2D eigenvalue weighted by Gasteiger charge is 2.06. The fourth-order valence-electron chi connectivity index (χ4n) is 1.18. The standard InChI is InChI=1S/C10H13Cl2N/c1-7-9(11)5-4-8(10(7)12)6-13(2)3/h4-5H,6H2,1-3H3. The van der Waals surface area contributed by atoms with E-state index in [0.717, 1.165) is 27.7 Å². The van der Waals surface area contributed by atoms with Crippen LogP contribution in [0.2, 0.25) is 10.0 Å². The van der Waals surface area contributed by atoms with Gasteiger partial charge >= 0.3 is 0 Å². The Hall–Kier alpha value is -0.240. The number of nitrogens with zero attached hydrogens (tertiary/aromatic N) is 1. The highest BCUT2D eigenvalue weighted by molar-refractivity contribution is 6.36. The predicted octanol–water partition coefficient (Wildman–Crippen LogP) is 3.36. The van der Waals surface area contributed by atoms with E-state index in [2.05, 4.69) is 4.90 Å². The van der Waals surface area contributed by atoms with E-state index >= 15 is 0 Å². The molecule has 72 valence electrons. The molecule has 0 spiro atoms. The Morgan fingerprint density at radius 2 is 1.85 bits per heavy atom. The first-order valence-corrected chi connectivity index (χ1v) is 4.86. The van der Waals surface area contributed by atoms with Gasteiger partial charge in [-0.1, -0.05) is 29.3 Å². The quantitative estimate of drug-likeness (QED) is 0.735. The lowest BCUT2D eigenvalue weighted by Gasteiger charge is -2.13. The van der Waals surface area contributed by atoms with Crippen molar-refractivity contribution in [1.82, 2.24) is 4.90 Å². The molecule has 0 unspecified atom stereocenters. The van der Waals surface area contributed by atoms with Gasteiger partial charge in [0.25, 0.3) is 0 Å². The van der Waals surface area contributed by atoms with Crippen LogP contribution < -0.4 is 0 Å². The normalized spacial score (nSPS) is 10.9. The molecule has 1 aromatic rings. The minimum absolute atomic E-state index is 0.729. The molecule has 0 saturated heterocycles. The van der Waals surface area contributed by atoms with Gasteiger partial charge in [-0.25, -0.2) is 0 Å². The van der Waals surface area contributed by atoms with Gasteiger partial charge in [0.1, 0.15) is 0 Å². The summed E-state index contributed by atoms with van der Waals surface area (Å²) in [5, 5.41) is 1.51. The summed E-state index contributed by atoms with van der Waals surface area (Å²) in [6.45, 7) is 2.78. The summed E-state index contributed by atoms with van der Waals surface area (Å²) in [6, 6.07) is 3.86. The van der Waals surface area contributed by atoms with Gasteiger partial charge in [0.15, 0.2) is 0 Å². The van der Waals surface area contributed by atoms with Crippen molar-refractivity contribution in [3.05, 3.63) is 33.3 Å². The molecule has 0 aliphatic heterocycles. The summed E-state index contributed by atoms with van der Waals surface area (Å²) >= 11 is 12.1. The third-order valence-electron chi connectivity index (χ3n) is 1.89. The van der Waals surface area contributed by atoms with Gasteiger partial charge in [0.2, 0.25) is 0 Å². The first kappa shape index (κ1) is 10.8. The lowest BCUT2D eigenvalue weighted by molar-refractivity contribution is 0.402. The van der Waals surface area contributed by atoms with E-state index in [-0.39, 0.29) is 0 Å². The first-order chi connectivity index (χ1) is 6.02. The van der Waals surface area contributed by atoms with E-state index in [9.17, 15) is 0 Å². The Balaban J connectivity index is 3.04. The summed E-state index contributed by atoms with van der Waals surface area (Å²) < 4.78 is 0. The maximum atomic E-state index is 6.13. The maximum absolute atomic E-state index is 6.13. The van der Waals surface area contributed by atoms with Crippen molar-refractivity contribution in [2.75, 3.05) is 14.1 Å². The van der Waals surface area contributed by atoms with Gasteiger partial charge in [0.05, 0.1) is 0 Å². The van der Waals surface area contributed by atoms with Crippen molar-refractivity contribution >= 4 is 23.2 Å². The lowest BCUT2D eigenvalue weighted by Crippen LogP contribution is -2.11. The third-order valence-corrected chi connectivity index (χ3v) is 2.82. The molecular formula is C10H13Cl2N. The topological polar surface area (TPSA) is 3.24 Å². The number of hydrogen-bond donors (Lipinski definition) is 0. The van der Waals surface area contributed by atoms with E-state index < -0.39 is 0 Å². The minimum Gasteiger partial charge on any atom is -0.305 e. The Bertz CT molecular complexity index is 308. The zero-order valence-corrected chi connectivity index (χ0v) is 9.58. The van der Waals surface area contributed by atoms with E-state index in [1.54, 1.807) is 0 Å². The molecule has 0 atom stereocenters. The summed E-state index contributed by atoms with van der Waals surface area (Å²) in [5.74, 6) is 0. The molecule has 0 bridgehead atoms. The lowest BCUT2D eigenvalue weighted by atomic mass is 10.1. The third kappa shape index (κ3) is 2.60. The Kier molecular flexibility index (Phi) is 3.60. The van der Waals surface area contributed by atoms with E-state index in [1.165, 1.54) is 0 Å². The molecule has 1 aromatic carbocycles. The molecule has 0 fully saturated rings. The second kappa shape index (κ2) is 4.32. The van der Waals surface area contributed by atoms with Crippen LogP contribution in [-0.2, 0) is 6.54 Å². The van der Waals surface area contributed by atoms with Crippen LogP contribution in [0.4, 0.5) is 0 Å². The molecule has 0 amide bonds. The molecule has 0 saturated carbocycles. The van der Waals surface area contributed by atoms with Gasteiger partial charge in [-0.15, -0.1) is 0 Å². The second-order valence-corrected chi connectivity index (χ2v) is 4.17. The molecule has 13 heavy (non-hydrogen) atoms. The van der Waals surface area contributed by atoms with E-state index in [4.69, 9.17) is 23.2 Å². The molecule has 1 rings (SSSR count). The Labute approximate surface area is 89.3 Å². The predicted molar refractivity (Wildman–Crippen MR) is 58.6 cm³/mol. The fourth-order valence-corrected chi connectivity index (χ4v) is 1.61. The van der Waals surface area contributed by atoms with Crippen molar-refractivity contribution in [2.24, 2.45) is 0 Å². The highest BCUT2D eigenvalue weighted by atomic mass is 35.5. The molecule has 0 aliphatic rings. The van der Waals surface area contributed by atoms with Gasteiger partial charge in [-0.3, -0.25) is 0 Å². The van der Waals surface area contributed by atoms with Crippen molar-refractivity contribution in [3.63, 3.8) is 0 Å². The van der Waals surface area contributed by atoms with Crippen molar-refractivity contribution in [2.45, 2.75) is 13.5 Å². The number of rotatable bonds is 2. The van der Waals surface area contributed by atoms with Gasteiger partial charge in [-0.05, 0) is 38.2 Å². The SMILES string of the molecule is Cc1c(Cl)ccc(CN(C)C)c1Cl. The largest absolute Gasteiger partial charge is 0.305 e. The van der Waals surface area contributed by atoms with Crippen molar-refractivity contribution in [3.8, 4) is 0 Å². The Morgan fingerprint density at radius 1 is 1.23 bits per heavy atom. The van der Waals surface area contributed by atoms with Crippen LogP contribution in [0.3, 0.4) is 0 Å². The molecule has 0 aromatic heterocycles. The molecule has 0 aliphatic carbocycles. The van der Waals surface area contributed by atoms with Crippen LogP contribution in [0.25, 0.3) is 0 Å². The molecule has 1 nitrogen and oxygen atoms in total. The van der Waals surface area contributed by atoms with Crippen LogP contribution in [0.1, 0.15) is 11.1 Å².